The maximum Gasteiger partial charge on any atom is 0.224 e. The summed E-state index contributed by atoms with van der Waals surface area (Å²) in [5, 5.41) is 7.10. The van der Waals surface area contributed by atoms with Crippen LogP contribution in [0, 0.1) is 6.92 Å². The number of thiocarbonyl (C=S) groups is 1. The van der Waals surface area contributed by atoms with Crippen LogP contribution in [0.1, 0.15) is 42.4 Å². The molecule has 1 amide bonds. The number of hydrogen-bond donors (Lipinski definition) is 2. The summed E-state index contributed by atoms with van der Waals surface area (Å²) in [6, 6.07) is 23.6. The van der Waals surface area contributed by atoms with Crippen molar-refractivity contribution < 1.29 is 9.53 Å². The molecule has 0 saturated carbocycles. The monoisotopic (exact) mass is 511 g/mol. The quantitative estimate of drug-likeness (QED) is 0.310. The third kappa shape index (κ3) is 4.68. The largest absolute Gasteiger partial charge is 0.495 e. The molecule has 1 fully saturated rings. The van der Waals surface area contributed by atoms with Crippen LogP contribution in [0.15, 0.2) is 85.2 Å². The van der Waals surface area contributed by atoms with Crippen LogP contribution in [0.3, 0.4) is 0 Å². The van der Waals surface area contributed by atoms with Crippen LogP contribution < -0.4 is 20.3 Å². The van der Waals surface area contributed by atoms with Gasteiger partial charge in [-0.2, -0.15) is 0 Å². The van der Waals surface area contributed by atoms with Crippen molar-refractivity contribution in [1.82, 2.24) is 14.9 Å². The van der Waals surface area contributed by atoms with Crippen LogP contribution in [0.2, 0.25) is 0 Å². The molecule has 5 rings (SSSR count). The van der Waals surface area contributed by atoms with E-state index in [0.29, 0.717) is 11.5 Å². The maximum absolute atomic E-state index is 12.0. The fourth-order valence-corrected chi connectivity index (χ4v) is 5.14. The average molecular weight is 512 g/mol. The molecule has 0 radical (unpaired) electrons. The highest BCUT2D eigenvalue weighted by Gasteiger charge is 2.42. The third-order valence-electron chi connectivity index (χ3n) is 6.61. The Morgan fingerprint density at radius 2 is 1.92 bits per heavy atom. The molecule has 2 aromatic heterocycles. The van der Waals surface area contributed by atoms with Gasteiger partial charge in [-0.1, -0.05) is 25.1 Å². The van der Waals surface area contributed by atoms with Crippen LogP contribution in [0.25, 0.3) is 5.69 Å². The first-order valence-electron chi connectivity index (χ1n) is 12.2. The molecule has 1 saturated heterocycles. The number of amides is 1. The van der Waals surface area contributed by atoms with Gasteiger partial charge in [0.1, 0.15) is 11.8 Å². The van der Waals surface area contributed by atoms with E-state index in [9.17, 15) is 4.79 Å². The Labute approximate surface area is 222 Å². The molecule has 2 atom stereocenters. The van der Waals surface area contributed by atoms with Gasteiger partial charge in [-0.15, -0.1) is 0 Å². The number of ether oxygens (including phenoxy) is 1. The Balaban J connectivity index is 1.63. The topological polar surface area (TPSA) is 71.4 Å². The van der Waals surface area contributed by atoms with E-state index in [1.807, 2.05) is 80.7 Å². The number of para-hydroxylation sites is 2. The second kappa shape index (κ2) is 10.4. The number of nitrogens with zero attached hydrogens (tertiary/aromatic N) is 3. The first-order chi connectivity index (χ1) is 18.0. The van der Waals surface area contributed by atoms with Crippen molar-refractivity contribution in [3.63, 3.8) is 0 Å². The second-order valence-corrected chi connectivity index (χ2v) is 9.26. The highest BCUT2D eigenvalue weighted by atomic mass is 32.1. The number of methoxy groups -OCH3 is 1. The Morgan fingerprint density at radius 3 is 2.65 bits per heavy atom. The predicted molar refractivity (Wildman–Crippen MR) is 150 cm³/mol. The summed E-state index contributed by atoms with van der Waals surface area (Å²) < 4.78 is 7.82. The van der Waals surface area contributed by atoms with Crippen molar-refractivity contribution in [2.45, 2.75) is 32.4 Å². The molecule has 0 unspecified atom stereocenters. The number of carbonyl (C=O) groups excluding carboxylic acids is 1. The van der Waals surface area contributed by atoms with Gasteiger partial charge in [0, 0.05) is 35.9 Å². The van der Waals surface area contributed by atoms with Crippen LogP contribution >= 0.6 is 12.2 Å². The summed E-state index contributed by atoms with van der Waals surface area (Å²) in [5.41, 5.74) is 5.56. The Morgan fingerprint density at radius 1 is 1.11 bits per heavy atom. The van der Waals surface area contributed by atoms with E-state index in [1.165, 1.54) is 0 Å². The normalized spacial score (nSPS) is 16.9. The molecule has 37 heavy (non-hydrogen) atoms. The number of nitrogens with one attached hydrogen (secondary N) is 2. The summed E-state index contributed by atoms with van der Waals surface area (Å²) in [6.07, 6.45) is 4.26. The smallest absolute Gasteiger partial charge is 0.224 e. The molecule has 188 valence electrons. The number of carbonyl (C=O) groups is 1. The SMILES string of the molecule is CCC(=O)Nc1ccc(N2C(=S)N[C@H](c3ccccn3)[C@@H]2c2cccn2-c2ccccc2OC)cc1C. The minimum atomic E-state index is -0.196. The number of hydrogen-bond acceptors (Lipinski definition) is 4. The molecular formula is C29H29N5O2S. The lowest BCUT2D eigenvalue weighted by molar-refractivity contribution is -0.115. The molecule has 1 aliphatic heterocycles. The molecule has 8 heteroatoms. The van der Waals surface area contributed by atoms with Crippen LogP contribution in [0.5, 0.6) is 5.75 Å². The zero-order valence-corrected chi connectivity index (χ0v) is 21.8. The highest BCUT2D eigenvalue weighted by Crippen LogP contribution is 2.43. The summed E-state index contributed by atoms with van der Waals surface area (Å²) >= 11 is 5.91. The molecule has 4 aromatic rings. The van der Waals surface area contributed by atoms with Crippen molar-refractivity contribution >= 4 is 34.6 Å². The first-order valence-corrected chi connectivity index (χ1v) is 12.6. The number of pyridine rings is 1. The lowest BCUT2D eigenvalue weighted by Crippen LogP contribution is -2.30. The van der Waals surface area contributed by atoms with Gasteiger partial charge in [-0.3, -0.25) is 9.78 Å². The zero-order valence-electron chi connectivity index (χ0n) is 21.0. The van der Waals surface area contributed by atoms with E-state index >= 15 is 0 Å². The van der Waals surface area contributed by atoms with E-state index in [4.69, 9.17) is 17.0 Å². The van der Waals surface area contributed by atoms with Crippen LogP contribution in [-0.2, 0) is 4.79 Å². The van der Waals surface area contributed by atoms with Gasteiger partial charge in [0.15, 0.2) is 5.11 Å². The number of rotatable bonds is 7. The van der Waals surface area contributed by atoms with Gasteiger partial charge in [0.2, 0.25) is 5.91 Å². The number of benzene rings is 2. The summed E-state index contributed by atoms with van der Waals surface area (Å²) in [4.78, 5) is 18.8. The highest BCUT2D eigenvalue weighted by molar-refractivity contribution is 7.80. The molecule has 0 spiro atoms. The van der Waals surface area contributed by atoms with Gasteiger partial charge < -0.3 is 24.8 Å². The van der Waals surface area contributed by atoms with Gasteiger partial charge in [-0.25, -0.2) is 0 Å². The molecule has 2 N–H and O–H groups in total. The predicted octanol–water partition coefficient (Wildman–Crippen LogP) is 5.71. The standard InChI is InChI=1S/C29H29N5O2S/c1-4-26(35)31-21-15-14-20(18-19(21)2)34-28(27(32-29(34)37)22-10-7-8-16-30-22)24-12-9-17-33(24)23-11-5-6-13-25(23)36-3/h5-18,27-28H,4H2,1-3H3,(H,31,35)(H,32,37)/t27-,28+/m1/s1. The lowest BCUT2D eigenvalue weighted by atomic mass is 10.00. The molecule has 0 aliphatic carbocycles. The zero-order chi connectivity index (χ0) is 25.9. The molecular weight excluding hydrogens is 482 g/mol. The molecule has 0 bridgehead atoms. The van der Waals surface area contributed by atoms with Crippen molar-refractivity contribution in [3.8, 4) is 11.4 Å². The van der Waals surface area contributed by atoms with Crippen molar-refractivity contribution in [1.29, 1.82) is 0 Å². The molecule has 2 aromatic carbocycles. The number of anilines is 2. The Kier molecular flexibility index (Phi) is 6.92. The fourth-order valence-electron chi connectivity index (χ4n) is 4.79. The van der Waals surface area contributed by atoms with Crippen LogP contribution in [-0.4, -0.2) is 27.7 Å². The average Bonchev–Trinajstić information content (AvgIpc) is 3.54. The van der Waals surface area contributed by atoms with E-state index < -0.39 is 0 Å². The third-order valence-corrected chi connectivity index (χ3v) is 6.92. The second-order valence-electron chi connectivity index (χ2n) is 8.87. The van der Waals surface area contributed by atoms with Crippen LogP contribution in [0.4, 0.5) is 11.4 Å². The van der Waals surface area contributed by atoms with E-state index in [-0.39, 0.29) is 18.0 Å². The van der Waals surface area contributed by atoms with E-state index in [0.717, 1.165) is 39.8 Å². The van der Waals surface area contributed by atoms with Gasteiger partial charge >= 0.3 is 0 Å². The summed E-state index contributed by atoms with van der Waals surface area (Å²) in [7, 11) is 1.68. The minimum absolute atomic E-state index is 0.0167. The van der Waals surface area contributed by atoms with E-state index in [2.05, 4.69) is 37.2 Å². The molecule has 3 heterocycles. The van der Waals surface area contributed by atoms with Gasteiger partial charge in [0.25, 0.3) is 0 Å². The van der Waals surface area contributed by atoms with E-state index in [1.54, 1.807) is 13.3 Å². The molecule has 1 aliphatic rings. The van der Waals surface area contributed by atoms with Crippen molar-refractivity contribution in [2.75, 3.05) is 17.3 Å². The van der Waals surface area contributed by atoms with Gasteiger partial charge in [0.05, 0.1) is 24.5 Å². The van der Waals surface area contributed by atoms with Crippen molar-refractivity contribution in [3.05, 3.63) is 102 Å². The van der Waals surface area contributed by atoms with Crippen molar-refractivity contribution in [2.24, 2.45) is 0 Å². The maximum atomic E-state index is 12.0. The fraction of sp³-hybridized carbons (Fsp3) is 0.207. The Bertz CT molecular complexity index is 1440. The minimum Gasteiger partial charge on any atom is -0.495 e. The summed E-state index contributed by atoms with van der Waals surface area (Å²) in [6.45, 7) is 3.83. The van der Waals surface area contributed by atoms with Gasteiger partial charge in [-0.05, 0) is 79.3 Å². The molecule has 7 nitrogen and oxygen atoms in total. The lowest BCUT2D eigenvalue weighted by Gasteiger charge is -2.29. The first kappa shape index (κ1) is 24.5. The Hall–Kier alpha value is -4.17. The number of aromatic nitrogens is 2. The summed E-state index contributed by atoms with van der Waals surface area (Å²) in [5.74, 6) is 0.762. The number of aryl methyl sites for hydroxylation is 1.